The van der Waals surface area contributed by atoms with Crippen LogP contribution in [0.4, 0.5) is 11.4 Å². The molecule has 3 nitrogen and oxygen atoms in total. The Kier molecular flexibility index (Phi) is 4.88. The predicted octanol–water partition coefficient (Wildman–Crippen LogP) is 3.35. The molecule has 0 saturated carbocycles. The summed E-state index contributed by atoms with van der Waals surface area (Å²) < 4.78 is 5.79. The van der Waals surface area contributed by atoms with E-state index in [2.05, 4.69) is 29.2 Å². The summed E-state index contributed by atoms with van der Waals surface area (Å²) in [6, 6.07) is 16.2. The molecule has 2 N–H and O–H groups in total. The van der Waals surface area contributed by atoms with Crippen LogP contribution >= 0.6 is 0 Å². The van der Waals surface area contributed by atoms with Gasteiger partial charge < -0.3 is 15.4 Å². The molecule has 3 heteroatoms. The van der Waals surface area contributed by atoms with Gasteiger partial charge in [-0.25, -0.2) is 0 Å². The van der Waals surface area contributed by atoms with Crippen molar-refractivity contribution in [1.29, 1.82) is 0 Å². The van der Waals surface area contributed by atoms with Gasteiger partial charge in [0.25, 0.3) is 0 Å². The summed E-state index contributed by atoms with van der Waals surface area (Å²) >= 11 is 0. The van der Waals surface area contributed by atoms with Crippen LogP contribution in [0.1, 0.15) is 12.0 Å². The van der Waals surface area contributed by atoms with Gasteiger partial charge in [0.2, 0.25) is 0 Å². The highest BCUT2D eigenvalue weighted by Gasteiger charge is 1.99. The van der Waals surface area contributed by atoms with Crippen molar-refractivity contribution in [3.05, 3.63) is 54.1 Å². The molecule has 0 fully saturated rings. The summed E-state index contributed by atoms with van der Waals surface area (Å²) in [5.41, 5.74) is 8.93. The number of nitrogens with zero attached hydrogens (tertiary/aromatic N) is 1. The lowest BCUT2D eigenvalue weighted by molar-refractivity contribution is 0.311. The van der Waals surface area contributed by atoms with Crippen LogP contribution < -0.4 is 15.4 Å². The highest BCUT2D eigenvalue weighted by Crippen LogP contribution is 2.19. The highest BCUT2D eigenvalue weighted by molar-refractivity contribution is 5.49. The Bertz CT molecular complexity index is 535. The standard InChI is InChI=1S/C17H22N2O/c1-19(2)16-6-3-7-17(13-16)20-12-4-5-14-8-10-15(18)11-9-14/h3,6-11,13H,4-5,12,18H2,1-2H3. The predicted molar refractivity (Wildman–Crippen MR) is 85.4 cm³/mol. The Morgan fingerprint density at radius 1 is 1.05 bits per heavy atom. The Labute approximate surface area is 121 Å². The van der Waals surface area contributed by atoms with Crippen LogP contribution in [-0.2, 0) is 6.42 Å². The maximum absolute atomic E-state index is 5.79. The van der Waals surface area contributed by atoms with Crippen LogP contribution in [-0.4, -0.2) is 20.7 Å². The number of hydrogen-bond acceptors (Lipinski definition) is 3. The second kappa shape index (κ2) is 6.85. The first-order chi connectivity index (χ1) is 9.65. The van der Waals surface area contributed by atoms with Crippen LogP contribution in [0.25, 0.3) is 0 Å². The third-order valence-corrected chi connectivity index (χ3v) is 3.19. The summed E-state index contributed by atoms with van der Waals surface area (Å²) in [5, 5.41) is 0. The molecule has 20 heavy (non-hydrogen) atoms. The molecule has 0 aliphatic heterocycles. The highest BCUT2D eigenvalue weighted by atomic mass is 16.5. The molecule has 0 aliphatic rings. The number of ether oxygens (including phenoxy) is 1. The van der Waals surface area contributed by atoms with Crippen molar-refractivity contribution in [2.45, 2.75) is 12.8 Å². The lowest BCUT2D eigenvalue weighted by Crippen LogP contribution is -2.08. The van der Waals surface area contributed by atoms with Gasteiger partial charge in [0, 0.05) is 31.5 Å². The molecule has 2 rings (SSSR count). The first kappa shape index (κ1) is 14.3. The zero-order valence-corrected chi connectivity index (χ0v) is 12.2. The molecular weight excluding hydrogens is 248 g/mol. The molecule has 0 heterocycles. The molecule has 2 aromatic carbocycles. The van der Waals surface area contributed by atoms with Gasteiger partial charge in [-0.2, -0.15) is 0 Å². The van der Waals surface area contributed by atoms with E-state index in [4.69, 9.17) is 10.5 Å². The average molecular weight is 270 g/mol. The van der Waals surface area contributed by atoms with Crippen molar-refractivity contribution >= 4 is 11.4 Å². The number of nitrogens with two attached hydrogens (primary N) is 1. The molecule has 2 aromatic rings. The van der Waals surface area contributed by atoms with Gasteiger partial charge in [-0.05, 0) is 42.7 Å². The summed E-state index contributed by atoms with van der Waals surface area (Å²) in [4.78, 5) is 2.07. The largest absolute Gasteiger partial charge is 0.494 e. The van der Waals surface area contributed by atoms with E-state index in [0.29, 0.717) is 0 Å². The topological polar surface area (TPSA) is 38.5 Å². The normalized spacial score (nSPS) is 10.3. The van der Waals surface area contributed by atoms with Gasteiger partial charge in [-0.3, -0.25) is 0 Å². The van der Waals surface area contributed by atoms with Gasteiger partial charge in [0.05, 0.1) is 6.61 Å². The van der Waals surface area contributed by atoms with E-state index in [0.717, 1.165) is 36.6 Å². The van der Waals surface area contributed by atoms with Crippen molar-refractivity contribution in [2.75, 3.05) is 31.3 Å². The molecule has 0 atom stereocenters. The van der Waals surface area contributed by atoms with Gasteiger partial charge in [-0.15, -0.1) is 0 Å². The number of nitrogen functional groups attached to an aromatic ring is 1. The Morgan fingerprint density at radius 3 is 2.50 bits per heavy atom. The van der Waals surface area contributed by atoms with Crippen LogP contribution in [0.2, 0.25) is 0 Å². The summed E-state index contributed by atoms with van der Waals surface area (Å²) in [7, 11) is 4.06. The minimum absolute atomic E-state index is 0.723. The van der Waals surface area contributed by atoms with Crippen LogP contribution in [0.3, 0.4) is 0 Å². The van der Waals surface area contributed by atoms with E-state index in [1.807, 2.05) is 38.4 Å². The van der Waals surface area contributed by atoms with Crippen molar-refractivity contribution in [3.63, 3.8) is 0 Å². The number of aryl methyl sites for hydroxylation is 1. The van der Waals surface area contributed by atoms with E-state index in [-0.39, 0.29) is 0 Å². The monoisotopic (exact) mass is 270 g/mol. The van der Waals surface area contributed by atoms with Crippen molar-refractivity contribution in [2.24, 2.45) is 0 Å². The van der Waals surface area contributed by atoms with Gasteiger partial charge >= 0.3 is 0 Å². The quantitative estimate of drug-likeness (QED) is 0.646. The Hall–Kier alpha value is -2.16. The average Bonchev–Trinajstić information content (AvgIpc) is 2.46. The molecule has 0 aromatic heterocycles. The fourth-order valence-corrected chi connectivity index (χ4v) is 2.00. The SMILES string of the molecule is CN(C)c1cccc(OCCCc2ccc(N)cc2)c1. The second-order valence-electron chi connectivity index (χ2n) is 5.09. The molecule has 0 bridgehead atoms. The van der Waals surface area contributed by atoms with Crippen molar-refractivity contribution in [3.8, 4) is 5.75 Å². The third kappa shape index (κ3) is 4.19. The van der Waals surface area contributed by atoms with Crippen LogP contribution in [0, 0.1) is 0 Å². The fourth-order valence-electron chi connectivity index (χ4n) is 2.00. The Morgan fingerprint density at radius 2 is 1.80 bits per heavy atom. The number of rotatable bonds is 6. The zero-order chi connectivity index (χ0) is 14.4. The first-order valence-corrected chi connectivity index (χ1v) is 6.90. The number of anilines is 2. The Balaban J connectivity index is 1.78. The molecule has 0 aliphatic carbocycles. The second-order valence-corrected chi connectivity index (χ2v) is 5.09. The fraction of sp³-hybridized carbons (Fsp3) is 0.294. The lowest BCUT2D eigenvalue weighted by Gasteiger charge is -2.14. The molecule has 0 unspecified atom stereocenters. The first-order valence-electron chi connectivity index (χ1n) is 6.90. The molecule has 106 valence electrons. The summed E-state index contributed by atoms with van der Waals surface area (Å²) in [6.45, 7) is 0.723. The summed E-state index contributed by atoms with van der Waals surface area (Å²) in [6.07, 6.45) is 2.00. The van der Waals surface area contributed by atoms with E-state index in [1.165, 1.54) is 5.56 Å². The minimum atomic E-state index is 0.723. The molecule has 0 amide bonds. The lowest BCUT2D eigenvalue weighted by atomic mass is 10.1. The van der Waals surface area contributed by atoms with Gasteiger partial charge in [-0.1, -0.05) is 18.2 Å². The van der Waals surface area contributed by atoms with E-state index < -0.39 is 0 Å². The van der Waals surface area contributed by atoms with Gasteiger partial charge in [0.1, 0.15) is 5.75 Å². The van der Waals surface area contributed by atoms with Crippen LogP contribution in [0.5, 0.6) is 5.75 Å². The maximum atomic E-state index is 5.79. The smallest absolute Gasteiger partial charge is 0.121 e. The van der Waals surface area contributed by atoms with Crippen LogP contribution in [0.15, 0.2) is 48.5 Å². The minimum Gasteiger partial charge on any atom is -0.494 e. The van der Waals surface area contributed by atoms with Crippen molar-refractivity contribution < 1.29 is 4.74 Å². The van der Waals surface area contributed by atoms with E-state index >= 15 is 0 Å². The van der Waals surface area contributed by atoms with Crippen molar-refractivity contribution in [1.82, 2.24) is 0 Å². The van der Waals surface area contributed by atoms with Gasteiger partial charge in [0.15, 0.2) is 0 Å². The van der Waals surface area contributed by atoms with E-state index in [9.17, 15) is 0 Å². The number of benzene rings is 2. The molecule has 0 saturated heterocycles. The van der Waals surface area contributed by atoms with E-state index in [1.54, 1.807) is 0 Å². The third-order valence-electron chi connectivity index (χ3n) is 3.19. The number of hydrogen-bond donors (Lipinski definition) is 1. The maximum Gasteiger partial charge on any atom is 0.121 e. The molecule has 0 spiro atoms. The molecular formula is C17H22N2O. The zero-order valence-electron chi connectivity index (χ0n) is 12.2. The molecule has 0 radical (unpaired) electrons. The summed E-state index contributed by atoms with van der Waals surface area (Å²) in [5.74, 6) is 0.925.